The molecular weight excluding hydrogens is 409 g/mol. The third kappa shape index (κ3) is 4.67. The van der Waals surface area contributed by atoms with Gasteiger partial charge in [0.1, 0.15) is 0 Å². The van der Waals surface area contributed by atoms with Crippen LogP contribution in [0.1, 0.15) is 46.5 Å². The minimum atomic E-state index is -0.552. The molecule has 2 aliphatic heterocycles. The van der Waals surface area contributed by atoms with Gasteiger partial charge in [0.2, 0.25) is 0 Å². The monoisotopic (exact) mass is 439 g/mol. The van der Waals surface area contributed by atoms with Crippen molar-refractivity contribution in [3.05, 3.63) is 30.3 Å². The Labute approximate surface area is 167 Å². The fourth-order valence-corrected chi connectivity index (χ4v) is 6.99. The summed E-state index contributed by atoms with van der Waals surface area (Å²) in [5.74, 6) is -0.467. The van der Waals surface area contributed by atoms with Crippen molar-refractivity contribution >= 4 is 31.5 Å². The maximum absolute atomic E-state index is 13.0. The number of carbonyl (C=O) groups is 2. The van der Waals surface area contributed by atoms with Crippen LogP contribution in [-0.2, 0) is 14.3 Å². The second kappa shape index (κ2) is 8.24. The number of rotatable bonds is 3. The molecule has 2 fully saturated rings. The molecule has 2 aliphatic rings. The predicted molar refractivity (Wildman–Crippen MR) is 105 cm³/mol. The zero-order valence-electron chi connectivity index (χ0n) is 16.5. The van der Waals surface area contributed by atoms with Crippen molar-refractivity contribution in [2.24, 2.45) is 5.92 Å². The summed E-state index contributed by atoms with van der Waals surface area (Å²) in [6.45, 7) is 5.65. The van der Waals surface area contributed by atoms with Gasteiger partial charge in [-0.1, -0.05) is 0 Å². The van der Waals surface area contributed by atoms with Crippen LogP contribution in [0, 0.1) is 5.92 Å². The number of benzene rings is 1. The van der Waals surface area contributed by atoms with Gasteiger partial charge in [-0.2, -0.15) is 0 Å². The van der Waals surface area contributed by atoms with Gasteiger partial charge >= 0.3 is 168 Å². The average Bonchev–Trinajstić information content (AvgIpc) is 2.97. The Morgan fingerprint density at radius 2 is 1.70 bits per heavy atom. The maximum atomic E-state index is 13.0. The Hall–Kier alpha value is -1.52. The van der Waals surface area contributed by atoms with Crippen LogP contribution in [0.4, 0.5) is 4.79 Å². The van der Waals surface area contributed by atoms with Crippen LogP contribution in [0.15, 0.2) is 30.3 Å². The second-order valence-corrected chi connectivity index (χ2v) is 11.0. The summed E-state index contributed by atoms with van der Waals surface area (Å²) in [5.41, 5.74) is -0.552. The second-order valence-electron chi connectivity index (χ2n) is 8.28. The summed E-state index contributed by atoms with van der Waals surface area (Å²) in [4.78, 5) is 27.7. The van der Waals surface area contributed by atoms with Gasteiger partial charge in [-0.15, -0.1) is 0 Å². The fourth-order valence-electron chi connectivity index (χ4n) is 4.18. The Morgan fingerprint density at radius 3 is 2.33 bits per heavy atom. The molecule has 0 N–H and O–H groups in total. The molecule has 27 heavy (non-hydrogen) atoms. The molecule has 0 saturated carbocycles. The number of hydrogen-bond donors (Lipinski definition) is 0. The molecule has 2 bridgehead atoms. The van der Waals surface area contributed by atoms with Crippen LogP contribution in [0.2, 0.25) is 4.82 Å². The average molecular weight is 438 g/mol. The van der Waals surface area contributed by atoms with Gasteiger partial charge in [0.15, 0.2) is 0 Å². The molecule has 1 amide bonds. The SMILES string of the molecule is COC(=O)[C@H]1CCC([Se]c2ccccc2)[C@@H]2CC[C@H]1N2C(=O)OC(C)(C)C. The molecule has 2 heterocycles. The van der Waals surface area contributed by atoms with E-state index in [1.54, 1.807) is 0 Å². The zero-order chi connectivity index (χ0) is 19.6. The summed E-state index contributed by atoms with van der Waals surface area (Å²) in [6.07, 6.45) is 3.18. The Bertz CT molecular complexity index is 673. The van der Waals surface area contributed by atoms with Gasteiger partial charge < -0.3 is 0 Å². The predicted octanol–water partition coefficient (Wildman–Crippen LogP) is 3.16. The van der Waals surface area contributed by atoms with E-state index in [1.807, 2.05) is 31.7 Å². The van der Waals surface area contributed by atoms with Crippen molar-refractivity contribution in [3.63, 3.8) is 0 Å². The number of nitrogens with zero attached hydrogens (tertiary/aromatic N) is 1. The van der Waals surface area contributed by atoms with Crippen LogP contribution in [0.25, 0.3) is 0 Å². The van der Waals surface area contributed by atoms with Gasteiger partial charge in [-0.25, -0.2) is 0 Å². The molecule has 6 heteroatoms. The third-order valence-electron chi connectivity index (χ3n) is 5.27. The summed E-state index contributed by atoms with van der Waals surface area (Å²) in [6, 6.07) is 10.5. The van der Waals surface area contributed by atoms with Crippen molar-refractivity contribution in [2.75, 3.05) is 7.11 Å². The van der Waals surface area contributed by atoms with Crippen molar-refractivity contribution in [1.82, 2.24) is 4.90 Å². The van der Waals surface area contributed by atoms with Crippen molar-refractivity contribution in [1.29, 1.82) is 0 Å². The van der Waals surface area contributed by atoms with E-state index in [4.69, 9.17) is 9.47 Å². The standard InChI is InChI=1S/C21H29NO4Se/c1-21(2,3)26-20(24)22-16-11-12-17(22)18(13-10-15(16)19(23)25-4)27-14-8-6-5-7-9-14/h5-9,15-18H,10-13H2,1-4H3/t15-,16+,17-,18?/m0/s1. The Balaban J connectivity index is 1.88. The molecule has 5 nitrogen and oxygen atoms in total. The number of carbonyl (C=O) groups excluding carboxylic acids is 2. The van der Waals surface area contributed by atoms with E-state index in [-0.39, 0.29) is 45.0 Å². The normalized spacial score (nSPS) is 27.8. The van der Waals surface area contributed by atoms with Gasteiger partial charge in [0.25, 0.3) is 0 Å². The van der Waals surface area contributed by atoms with Gasteiger partial charge in [-0.05, 0) is 0 Å². The third-order valence-corrected chi connectivity index (χ3v) is 8.20. The van der Waals surface area contributed by atoms with Crippen molar-refractivity contribution < 1.29 is 19.1 Å². The van der Waals surface area contributed by atoms with Crippen molar-refractivity contribution in [3.8, 4) is 0 Å². The van der Waals surface area contributed by atoms with Crippen molar-refractivity contribution in [2.45, 2.75) is 69.0 Å². The quantitative estimate of drug-likeness (QED) is 0.538. The molecule has 4 atom stereocenters. The number of ether oxygens (including phenoxy) is 2. The van der Waals surface area contributed by atoms with Gasteiger partial charge in [0.05, 0.1) is 0 Å². The summed E-state index contributed by atoms with van der Waals surface area (Å²) < 4.78 is 12.1. The van der Waals surface area contributed by atoms with E-state index in [0.29, 0.717) is 4.82 Å². The van der Waals surface area contributed by atoms with E-state index < -0.39 is 5.60 Å². The molecular formula is C21H29NO4Se. The first-order valence-electron chi connectivity index (χ1n) is 9.61. The van der Waals surface area contributed by atoms with E-state index in [1.165, 1.54) is 11.6 Å². The Kier molecular flexibility index (Phi) is 6.17. The molecule has 0 radical (unpaired) electrons. The number of methoxy groups -OCH3 is 1. The zero-order valence-corrected chi connectivity index (χ0v) is 18.2. The van der Waals surface area contributed by atoms with Crippen LogP contribution in [0.5, 0.6) is 0 Å². The molecule has 1 aromatic rings. The first kappa shape index (κ1) is 20.2. The molecule has 148 valence electrons. The fraction of sp³-hybridized carbons (Fsp3) is 0.619. The first-order chi connectivity index (χ1) is 12.8. The first-order valence-corrected chi connectivity index (χ1v) is 11.5. The molecule has 1 unspecified atom stereocenters. The Morgan fingerprint density at radius 1 is 1.04 bits per heavy atom. The molecule has 0 aromatic heterocycles. The number of fused-ring (bicyclic) bond motifs is 2. The molecule has 2 saturated heterocycles. The van der Waals surface area contributed by atoms with Crippen LogP contribution >= 0.6 is 0 Å². The van der Waals surface area contributed by atoms with Crippen LogP contribution < -0.4 is 4.46 Å². The topological polar surface area (TPSA) is 55.8 Å². The van der Waals surface area contributed by atoms with Gasteiger partial charge in [-0.3, -0.25) is 0 Å². The summed E-state index contributed by atoms with van der Waals surface area (Å²) in [7, 11) is 1.43. The van der Waals surface area contributed by atoms with E-state index in [9.17, 15) is 9.59 Å². The summed E-state index contributed by atoms with van der Waals surface area (Å²) >= 11 is 0.242. The van der Waals surface area contributed by atoms with E-state index in [2.05, 4.69) is 24.3 Å². The van der Waals surface area contributed by atoms with Crippen LogP contribution in [0.3, 0.4) is 0 Å². The molecule has 0 spiro atoms. The molecule has 0 aliphatic carbocycles. The van der Waals surface area contributed by atoms with E-state index in [0.717, 1.165) is 25.7 Å². The van der Waals surface area contributed by atoms with E-state index >= 15 is 0 Å². The number of esters is 1. The molecule has 1 aromatic carbocycles. The van der Waals surface area contributed by atoms with Gasteiger partial charge in [0, 0.05) is 0 Å². The number of amides is 1. The van der Waals surface area contributed by atoms with Crippen LogP contribution in [-0.4, -0.2) is 56.7 Å². The number of hydrogen-bond acceptors (Lipinski definition) is 4. The molecule has 3 rings (SSSR count). The minimum absolute atomic E-state index is 0.117. The summed E-state index contributed by atoms with van der Waals surface area (Å²) in [5, 5.41) is 0.